The molecule has 1 aromatic rings. The van der Waals surface area contributed by atoms with Crippen molar-refractivity contribution in [2.24, 2.45) is 0 Å². The zero-order valence-electron chi connectivity index (χ0n) is 19.5. The third-order valence-corrected chi connectivity index (χ3v) is 6.02. The fraction of sp³-hybridized carbons (Fsp3) is 0.800. The van der Waals surface area contributed by atoms with E-state index in [9.17, 15) is 9.90 Å². The molecule has 31 heavy (non-hydrogen) atoms. The zero-order valence-corrected chi connectivity index (χ0v) is 19.5. The van der Waals surface area contributed by atoms with Crippen LogP contribution in [0, 0.1) is 0 Å². The van der Waals surface area contributed by atoms with Crippen molar-refractivity contribution in [1.29, 1.82) is 0 Å². The molecule has 1 aliphatic heterocycles. The van der Waals surface area contributed by atoms with Gasteiger partial charge in [-0.3, -0.25) is 4.90 Å². The summed E-state index contributed by atoms with van der Waals surface area (Å²) in [7, 11) is 0. The summed E-state index contributed by atoms with van der Waals surface area (Å²) in [5.74, 6) is -0.687. The van der Waals surface area contributed by atoms with Gasteiger partial charge in [0, 0.05) is 31.3 Å². The standard InChI is InChI=1S/C25H43NO5/c1-2-3-4-5-6-7-8-9-10-11-12-13-18-30-23-21-22(24(31-23)25(27)28)14-15-26-16-19-29-20-17-26/h21H,2-20H2,1H3,(H,27,28). The van der Waals surface area contributed by atoms with Crippen molar-refractivity contribution in [3.63, 3.8) is 0 Å². The molecule has 0 amide bonds. The van der Waals surface area contributed by atoms with Crippen molar-refractivity contribution in [3.05, 3.63) is 17.4 Å². The van der Waals surface area contributed by atoms with Crippen molar-refractivity contribution >= 4 is 5.97 Å². The summed E-state index contributed by atoms with van der Waals surface area (Å²) >= 11 is 0. The number of hydrogen-bond acceptors (Lipinski definition) is 5. The molecular formula is C25H43NO5. The maximum atomic E-state index is 11.5. The van der Waals surface area contributed by atoms with Crippen LogP contribution in [0.25, 0.3) is 0 Å². The van der Waals surface area contributed by atoms with Gasteiger partial charge in [-0.25, -0.2) is 4.79 Å². The Labute approximate surface area is 188 Å². The maximum Gasteiger partial charge on any atom is 0.372 e. The van der Waals surface area contributed by atoms with Gasteiger partial charge in [0.05, 0.1) is 19.8 Å². The number of ether oxygens (including phenoxy) is 2. The normalized spacial score (nSPS) is 14.7. The first kappa shape index (κ1) is 25.7. The highest BCUT2D eigenvalue weighted by molar-refractivity contribution is 5.86. The van der Waals surface area contributed by atoms with Gasteiger partial charge < -0.3 is 19.0 Å². The Kier molecular flexibility index (Phi) is 13.4. The lowest BCUT2D eigenvalue weighted by Crippen LogP contribution is -2.37. The van der Waals surface area contributed by atoms with Crippen LogP contribution in [0.2, 0.25) is 0 Å². The maximum absolute atomic E-state index is 11.5. The Morgan fingerprint density at radius 3 is 2.13 bits per heavy atom. The number of carboxylic acid groups (broad SMARTS) is 1. The first-order chi connectivity index (χ1) is 15.2. The predicted molar refractivity (Wildman–Crippen MR) is 123 cm³/mol. The molecule has 6 heteroatoms. The van der Waals surface area contributed by atoms with Gasteiger partial charge in [-0.15, -0.1) is 0 Å². The Bertz CT molecular complexity index is 595. The van der Waals surface area contributed by atoms with Gasteiger partial charge in [0.15, 0.2) is 0 Å². The number of rotatable bonds is 18. The van der Waals surface area contributed by atoms with Crippen LogP contribution < -0.4 is 4.74 Å². The first-order valence-corrected chi connectivity index (χ1v) is 12.5. The molecule has 0 aliphatic carbocycles. The van der Waals surface area contributed by atoms with Crippen LogP contribution in [-0.2, 0) is 11.2 Å². The van der Waals surface area contributed by atoms with Crippen molar-refractivity contribution in [2.45, 2.75) is 90.4 Å². The zero-order chi connectivity index (χ0) is 22.2. The molecule has 1 N–H and O–H groups in total. The quantitative estimate of drug-likeness (QED) is 0.287. The van der Waals surface area contributed by atoms with Crippen LogP contribution in [0.5, 0.6) is 5.95 Å². The molecule has 0 saturated carbocycles. The van der Waals surface area contributed by atoms with Crippen LogP contribution in [0.1, 0.15) is 100 Å². The highest BCUT2D eigenvalue weighted by Crippen LogP contribution is 2.23. The molecule has 1 saturated heterocycles. The van der Waals surface area contributed by atoms with E-state index in [2.05, 4.69) is 11.8 Å². The van der Waals surface area contributed by atoms with Crippen LogP contribution in [0.4, 0.5) is 0 Å². The molecule has 2 heterocycles. The van der Waals surface area contributed by atoms with E-state index in [1.807, 2.05) is 0 Å². The highest BCUT2D eigenvalue weighted by Gasteiger charge is 2.20. The number of nitrogens with zero attached hydrogens (tertiary/aromatic N) is 1. The number of morpholine rings is 1. The molecule has 0 unspecified atom stereocenters. The second kappa shape index (κ2) is 16.2. The molecular weight excluding hydrogens is 394 g/mol. The van der Waals surface area contributed by atoms with Crippen molar-refractivity contribution in [3.8, 4) is 5.95 Å². The van der Waals surface area contributed by atoms with Gasteiger partial charge in [-0.05, 0) is 12.8 Å². The minimum Gasteiger partial charge on any atom is -0.475 e. The van der Waals surface area contributed by atoms with Crippen LogP contribution >= 0.6 is 0 Å². The second-order valence-electron chi connectivity index (χ2n) is 8.67. The lowest BCUT2D eigenvalue weighted by molar-refractivity contribution is 0.0383. The predicted octanol–water partition coefficient (Wildman–Crippen LogP) is 5.93. The minimum absolute atomic E-state index is 0.0120. The molecule has 0 aromatic carbocycles. The fourth-order valence-electron chi connectivity index (χ4n) is 4.06. The Morgan fingerprint density at radius 1 is 0.968 bits per heavy atom. The average molecular weight is 438 g/mol. The van der Waals surface area contributed by atoms with Gasteiger partial charge in [-0.2, -0.15) is 0 Å². The smallest absolute Gasteiger partial charge is 0.372 e. The van der Waals surface area contributed by atoms with E-state index in [0.29, 0.717) is 24.5 Å². The SMILES string of the molecule is CCCCCCCCCCCCCCOc1cc(CCN2CCOCC2)c(C(=O)O)o1. The largest absolute Gasteiger partial charge is 0.475 e. The summed E-state index contributed by atoms with van der Waals surface area (Å²) in [6.07, 6.45) is 16.3. The van der Waals surface area contributed by atoms with Crippen molar-refractivity contribution < 1.29 is 23.8 Å². The Hall–Kier alpha value is -1.53. The summed E-state index contributed by atoms with van der Waals surface area (Å²) in [5.41, 5.74) is 0.712. The Morgan fingerprint density at radius 2 is 1.55 bits per heavy atom. The number of furan rings is 1. The van der Waals surface area contributed by atoms with E-state index in [4.69, 9.17) is 13.9 Å². The van der Waals surface area contributed by atoms with Gasteiger partial charge >= 0.3 is 5.97 Å². The van der Waals surface area contributed by atoms with Crippen LogP contribution in [-0.4, -0.2) is 55.4 Å². The fourth-order valence-corrected chi connectivity index (χ4v) is 4.06. The lowest BCUT2D eigenvalue weighted by atomic mass is 10.1. The molecule has 0 radical (unpaired) electrons. The van der Waals surface area contributed by atoms with E-state index < -0.39 is 5.97 Å². The van der Waals surface area contributed by atoms with E-state index in [1.165, 1.54) is 64.2 Å². The van der Waals surface area contributed by atoms with E-state index in [-0.39, 0.29) is 5.76 Å². The van der Waals surface area contributed by atoms with Gasteiger partial charge in [0.2, 0.25) is 5.76 Å². The summed E-state index contributed by atoms with van der Waals surface area (Å²) in [4.78, 5) is 13.8. The summed E-state index contributed by atoms with van der Waals surface area (Å²) < 4.78 is 16.5. The number of hydrogen-bond donors (Lipinski definition) is 1. The number of carbonyl (C=O) groups is 1. The molecule has 0 bridgehead atoms. The monoisotopic (exact) mass is 437 g/mol. The molecule has 0 spiro atoms. The third-order valence-electron chi connectivity index (χ3n) is 6.02. The number of unbranched alkanes of at least 4 members (excludes halogenated alkanes) is 11. The average Bonchev–Trinajstić information content (AvgIpc) is 3.19. The molecule has 1 aliphatic rings. The van der Waals surface area contributed by atoms with Gasteiger partial charge in [0.1, 0.15) is 0 Å². The van der Waals surface area contributed by atoms with E-state index in [1.54, 1.807) is 6.07 Å². The molecule has 178 valence electrons. The van der Waals surface area contributed by atoms with Crippen LogP contribution in [0.15, 0.2) is 10.5 Å². The highest BCUT2D eigenvalue weighted by atomic mass is 16.6. The summed E-state index contributed by atoms with van der Waals surface area (Å²) in [6, 6.07) is 1.75. The van der Waals surface area contributed by atoms with Gasteiger partial charge in [-0.1, -0.05) is 77.6 Å². The molecule has 1 aromatic heterocycles. The number of carboxylic acids is 1. The lowest BCUT2D eigenvalue weighted by Gasteiger charge is -2.26. The van der Waals surface area contributed by atoms with Crippen LogP contribution in [0.3, 0.4) is 0 Å². The van der Waals surface area contributed by atoms with Crippen molar-refractivity contribution in [2.75, 3.05) is 39.5 Å². The van der Waals surface area contributed by atoms with E-state index in [0.717, 1.165) is 45.7 Å². The summed E-state index contributed by atoms with van der Waals surface area (Å²) in [6.45, 7) is 6.91. The van der Waals surface area contributed by atoms with Crippen molar-refractivity contribution in [1.82, 2.24) is 4.90 Å². The van der Waals surface area contributed by atoms with Gasteiger partial charge in [0.25, 0.3) is 5.95 Å². The molecule has 0 atom stereocenters. The Balaban J connectivity index is 1.54. The molecule has 6 nitrogen and oxygen atoms in total. The van der Waals surface area contributed by atoms with E-state index >= 15 is 0 Å². The summed E-state index contributed by atoms with van der Waals surface area (Å²) in [5, 5.41) is 9.42. The topological polar surface area (TPSA) is 72.1 Å². The second-order valence-corrected chi connectivity index (χ2v) is 8.67. The minimum atomic E-state index is -1.03. The number of aromatic carboxylic acids is 1. The molecule has 1 fully saturated rings. The molecule has 2 rings (SSSR count). The first-order valence-electron chi connectivity index (χ1n) is 12.5. The third kappa shape index (κ3) is 11.1.